The fraction of sp³-hybridized carbons (Fsp3) is 0.261. The normalized spacial score (nSPS) is 12.7. The van der Waals surface area contributed by atoms with Crippen LogP contribution in [0.4, 0.5) is 0 Å². The van der Waals surface area contributed by atoms with Crippen LogP contribution in [-0.2, 0) is 28.9 Å². The molecule has 5 N–H and O–H groups in total. The number of hydrogen-bond acceptors (Lipinski definition) is 4. The number of nitrogens with zero attached hydrogens (tertiary/aromatic N) is 1. The minimum atomic E-state index is -0.788. The molecule has 3 aromatic rings. The zero-order valence-electron chi connectivity index (χ0n) is 16.8. The maximum absolute atomic E-state index is 12.8. The molecule has 3 rings (SSSR count). The summed E-state index contributed by atoms with van der Waals surface area (Å²) in [5, 5.41) is 5.74. The number of amides is 2. The largest absolute Gasteiger partial charge is 0.354 e. The molecule has 1 aromatic heterocycles. The molecule has 0 radical (unpaired) electrons. The topological polar surface area (TPSA) is 113 Å². The molecule has 30 heavy (non-hydrogen) atoms. The second-order valence-electron chi connectivity index (χ2n) is 7.15. The molecule has 0 aliphatic heterocycles. The summed E-state index contributed by atoms with van der Waals surface area (Å²) in [4.78, 5) is 32.4. The molecule has 2 aromatic carbocycles. The van der Waals surface area contributed by atoms with Crippen LogP contribution in [0.2, 0.25) is 0 Å². The third-order valence-corrected chi connectivity index (χ3v) is 4.79. The van der Waals surface area contributed by atoms with E-state index in [1.807, 2.05) is 60.7 Å². The summed E-state index contributed by atoms with van der Waals surface area (Å²) >= 11 is 0. The van der Waals surface area contributed by atoms with E-state index in [4.69, 9.17) is 5.73 Å². The number of nitrogens with two attached hydrogens (primary N) is 1. The monoisotopic (exact) mass is 405 g/mol. The van der Waals surface area contributed by atoms with E-state index in [2.05, 4.69) is 20.6 Å². The molecule has 7 nitrogen and oxygen atoms in total. The van der Waals surface area contributed by atoms with Gasteiger partial charge < -0.3 is 21.4 Å². The molecule has 0 saturated heterocycles. The van der Waals surface area contributed by atoms with Crippen molar-refractivity contribution in [2.75, 3.05) is 6.54 Å². The Balaban J connectivity index is 1.60. The summed E-state index contributed by atoms with van der Waals surface area (Å²) < 4.78 is 0. The number of imidazole rings is 1. The fourth-order valence-electron chi connectivity index (χ4n) is 3.16. The van der Waals surface area contributed by atoms with E-state index < -0.39 is 12.1 Å². The van der Waals surface area contributed by atoms with Crippen molar-refractivity contribution in [2.45, 2.75) is 31.3 Å². The molecule has 1 heterocycles. The Hall–Kier alpha value is -3.45. The van der Waals surface area contributed by atoms with Gasteiger partial charge in [0.15, 0.2) is 0 Å². The van der Waals surface area contributed by atoms with Crippen LogP contribution in [-0.4, -0.2) is 40.4 Å². The van der Waals surface area contributed by atoms with Crippen molar-refractivity contribution in [1.82, 2.24) is 20.6 Å². The standard InChI is InChI=1S/C23H27N5O2/c24-20(14-19-15-25-16-27-19)22(29)28-21(13-18-9-5-2-6-10-18)23(30)26-12-11-17-7-3-1-4-8-17/h1-10,15-16,20-21H,11-14,24H2,(H,25,27)(H,26,30)(H,28,29)/t20-,21-/m0/s1. The lowest BCUT2D eigenvalue weighted by Crippen LogP contribution is -2.53. The van der Waals surface area contributed by atoms with E-state index in [0.29, 0.717) is 25.1 Å². The van der Waals surface area contributed by atoms with Gasteiger partial charge in [0.1, 0.15) is 6.04 Å². The highest BCUT2D eigenvalue weighted by atomic mass is 16.2. The number of aromatic amines is 1. The van der Waals surface area contributed by atoms with Crippen molar-refractivity contribution in [3.05, 3.63) is 90.0 Å². The Morgan fingerprint density at radius 3 is 2.23 bits per heavy atom. The Bertz CT molecular complexity index is 913. The first kappa shape index (κ1) is 21.3. The predicted octanol–water partition coefficient (Wildman–Crippen LogP) is 1.37. The maximum atomic E-state index is 12.8. The van der Waals surface area contributed by atoms with E-state index in [-0.39, 0.29) is 11.8 Å². The molecule has 0 fully saturated rings. The van der Waals surface area contributed by atoms with Gasteiger partial charge in [-0.25, -0.2) is 4.98 Å². The van der Waals surface area contributed by atoms with E-state index in [9.17, 15) is 9.59 Å². The Morgan fingerprint density at radius 2 is 1.60 bits per heavy atom. The number of hydrogen-bond donors (Lipinski definition) is 4. The number of rotatable bonds is 10. The lowest BCUT2D eigenvalue weighted by atomic mass is 10.0. The molecule has 0 bridgehead atoms. The SMILES string of the molecule is N[C@@H](Cc1c[nH]cn1)C(=O)N[C@@H](Cc1ccccc1)C(=O)NCCc1ccccc1. The molecule has 0 aliphatic rings. The van der Waals surface area contributed by atoms with Gasteiger partial charge in [0.25, 0.3) is 0 Å². The first-order chi connectivity index (χ1) is 14.6. The van der Waals surface area contributed by atoms with Crippen LogP contribution in [0, 0.1) is 0 Å². The third kappa shape index (κ3) is 6.56. The van der Waals surface area contributed by atoms with E-state index in [1.54, 1.807) is 12.5 Å². The highest BCUT2D eigenvalue weighted by molar-refractivity contribution is 5.90. The number of nitrogens with one attached hydrogen (secondary N) is 3. The highest BCUT2D eigenvalue weighted by Gasteiger charge is 2.24. The molecule has 0 unspecified atom stereocenters. The van der Waals surface area contributed by atoms with Gasteiger partial charge in [-0.3, -0.25) is 9.59 Å². The van der Waals surface area contributed by atoms with Crippen molar-refractivity contribution >= 4 is 11.8 Å². The van der Waals surface area contributed by atoms with Gasteiger partial charge in [0.05, 0.1) is 18.1 Å². The molecular weight excluding hydrogens is 378 g/mol. The van der Waals surface area contributed by atoms with Crippen LogP contribution in [0.1, 0.15) is 16.8 Å². The van der Waals surface area contributed by atoms with Gasteiger partial charge in [-0.15, -0.1) is 0 Å². The average Bonchev–Trinajstić information content (AvgIpc) is 3.27. The Morgan fingerprint density at radius 1 is 0.933 bits per heavy atom. The minimum Gasteiger partial charge on any atom is -0.354 e. The zero-order chi connectivity index (χ0) is 21.2. The number of carbonyl (C=O) groups excluding carboxylic acids is 2. The van der Waals surface area contributed by atoms with Crippen LogP contribution in [0.3, 0.4) is 0 Å². The lowest BCUT2D eigenvalue weighted by molar-refractivity contribution is -0.129. The highest BCUT2D eigenvalue weighted by Crippen LogP contribution is 2.05. The van der Waals surface area contributed by atoms with E-state index in [1.165, 1.54) is 0 Å². The second kappa shape index (κ2) is 10.9. The fourth-order valence-corrected chi connectivity index (χ4v) is 3.16. The van der Waals surface area contributed by atoms with Crippen molar-refractivity contribution in [2.24, 2.45) is 5.73 Å². The van der Waals surface area contributed by atoms with Gasteiger partial charge in [-0.05, 0) is 17.5 Å². The molecule has 0 saturated carbocycles. The maximum Gasteiger partial charge on any atom is 0.242 e. The number of H-pyrrole nitrogens is 1. The average molecular weight is 406 g/mol. The summed E-state index contributed by atoms with van der Waals surface area (Å²) in [5.41, 5.74) is 8.83. The van der Waals surface area contributed by atoms with Crippen molar-refractivity contribution in [3.63, 3.8) is 0 Å². The molecule has 7 heteroatoms. The summed E-state index contributed by atoms with van der Waals surface area (Å²) in [6, 6.07) is 18.0. The molecule has 0 spiro atoms. The molecular formula is C23H27N5O2. The molecule has 156 valence electrons. The minimum absolute atomic E-state index is 0.227. The number of carbonyl (C=O) groups is 2. The first-order valence-electron chi connectivity index (χ1n) is 10.0. The zero-order valence-corrected chi connectivity index (χ0v) is 16.8. The smallest absolute Gasteiger partial charge is 0.242 e. The van der Waals surface area contributed by atoms with Gasteiger partial charge in [-0.2, -0.15) is 0 Å². The lowest BCUT2D eigenvalue weighted by Gasteiger charge is -2.21. The predicted molar refractivity (Wildman–Crippen MR) is 115 cm³/mol. The van der Waals surface area contributed by atoms with Crippen molar-refractivity contribution in [3.8, 4) is 0 Å². The van der Waals surface area contributed by atoms with Gasteiger partial charge >= 0.3 is 0 Å². The third-order valence-electron chi connectivity index (χ3n) is 4.79. The van der Waals surface area contributed by atoms with E-state index >= 15 is 0 Å². The molecule has 0 aliphatic carbocycles. The number of benzene rings is 2. The quantitative estimate of drug-likeness (QED) is 0.408. The summed E-state index contributed by atoms with van der Waals surface area (Å²) in [6.07, 6.45) is 4.64. The first-order valence-corrected chi connectivity index (χ1v) is 10.0. The van der Waals surface area contributed by atoms with Crippen molar-refractivity contribution in [1.29, 1.82) is 0 Å². The summed E-state index contributed by atoms with van der Waals surface area (Å²) in [7, 11) is 0. The van der Waals surface area contributed by atoms with Gasteiger partial charge in [0.2, 0.25) is 11.8 Å². The molecule has 2 amide bonds. The summed E-state index contributed by atoms with van der Waals surface area (Å²) in [6.45, 7) is 0.489. The Labute approximate surface area is 176 Å². The summed E-state index contributed by atoms with van der Waals surface area (Å²) in [5.74, 6) is -0.604. The number of aromatic nitrogens is 2. The second-order valence-corrected chi connectivity index (χ2v) is 7.15. The van der Waals surface area contributed by atoms with Crippen molar-refractivity contribution < 1.29 is 9.59 Å². The van der Waals surface area contributed by atoms with Crippen LogP contribution in [0.25, 0.3) is 0 Å². The van der Waals surface area contributed by atoms with Crippen LogP contribution in [0.15, 0.2) is 73.2 Å². The van der Waals surface area contributed by atoms with E-state index in [0.717, 1.165) is 17.5 Å². The van der Waals surface area contributed by atoms with Crippen LogP contribution >= 0.6 is 0 Å². The van der Waals surface area contributed by atoms with Crippen LogP contribution < -0.4 is 16.4 Å². The Kier molecular flexibility index (Phi) is 7.74. The van der Waals surface area contributed by atoms with Gasteiger partial charge in [0, 0.05) is 25.6 Å². The van der Waals surface area contributed by atoms with Gasteiger partial charge in [-0.1, -0.05) is 60.7 Å². The van der Waals surface area contributed by atoms with Crippen LogP contribution in [0.5, 0.6) is 0 Å². The molecule has 2 atom stereocenters.